The molecule has 0 spiro atoms. The fourth-order valence-corrected chi connectivity index (χ4v) is 2.60. The largest absolute Gasteiger partial charge is 0.433 e. The van der Waals surface area contributed by atoms with E-state index in [9.17, 15) is 18.0 Å². The maximum absolute atomic E-state index is 12.8. The van der Waals surface area contributed by atoms with E-state index in [-0.39, 0.29) is 17.4 Å². The molecule has 146 valence electrons. The van der Waals surface area contributed by atoms with Crippen molar-refractivity contribution in [2.75, 3.05) is 5.32 Å². The quantitative estimate of drug-likeness (QED) is 0.723. The Morgan fingerprint density at radius 1 is 1.29 bits per heavy atom. The van der Waals surface area contributed by atoms with Crippen LogP contribution in [-0.4, -0.2) is 30.6 Å². The molecule has 1 amide bonds. The second-order valence-electron chi connectivity index (χ2n) is 6.30. The number of anilines is 1. The average molecular weight is 390 g/mol. The number of rotatable bonds is 5. The first-order valence-electron chi connectivity index (χ1n) is 8.38. The summed E-state index contributed by atoms with van der Waals surface area (Å²) in [5, 5.41) is 10.4. The number of hydrogen-bond acceptors (Lipinski definition) is 5. The molecule has 0 aromatic carbocycles. The maximum atomic E-state index is 12.8. The summed E-state index contributed by atoms with van der Waals surface area (Å²) in [6.45, 7) is 1.99. The van der Waals surface area contributed by atoms with Crippen molar-refractivity contribution in [3.63, 3.8) is 0 Å². The second-order valence-corrected chi connectivity index (χ2v) is 6.30. The van der Waals surface area contributed by atoms with E-state index in [1.54, 1.807) is 18.5 Å². The summed E-state index contributed by atoms with van der Waals surface area (Å²) in [5.41, 5.74) is -0.571. The number of aryl methyl sites for hydroxylation is 1. The van der Waals surface area contributed by atoms with Crippen LogP contribution in [0.4, 0.5) is 19.0 Å². The normalized spacial score (nSPS) is 12.6. The first kappa shape index (κ1) is 19.5. The highest BCUT2D eigenvalue weighted by Crippen LogP contribution is 2.27. The standard InChI is InChI=1S/C18H17F3N6O/c1-11(8-16-26-23-10-27(16)2)12-6-7-22-15(9-12)25-17(28)13-4-3-5-14(24-13)18(19,20)21/h3-7,9-11H,8H2,1-2H3,(H,22,25,28)/t11-/m0/s1. The fourth-order valence-electron chi connectivity index (χ4n) is 2.60. The van der Waals surface area contributed by atoms with Crippen molar-refractivity contribution >= 4 is 11.7 Å². The van der Waals surface area contributed by atoms with Crippen LogP contribution in [0.1, 0.15) is 40.4 Å². The van der Waals surface area contributed by atoms with Gasteiger partial charge in [0.25, 0.3) is 5.91 Å². The zero-order valence-corrected chi connectivity index (χ0v) is 15.1. The minimum Gasteiger partial charge on any atom is -0.321 e. The zero-order chi connectivity index (χ0) is 20.3. The summed E-state index contributed by atoms with van der Waals surface area (Å²) in [5.74, 6) is 0.333. The number of aromatic nitrogens is 5. The van der Waals surface area contributed by atoms with Crippen LogP contribution in [0.25, 0.3) is 0 Å². The molecule has 7 nitrogen and oxygen atoms in total. The monoisotopic (exact) mass is 390 g/mol. The lowest BCUT2D eigenvalue weighted by Crippen LogP contribution is -2.17. The Hall–Kier alpha value is -3.30. The van der Waals surface area contributed by atoms with E-state index in [0.29, 0.717) is 6.42 Å². The molecule has 0 radical (unpaired) electrons. The molecule has 0 fully saturated rings. The van der Waals surface area contributed by atoms with Gasteiger partial charge in [-0.1, -0.05) is 13.0 Å². The molecular weight excluding hydrogens is 373 g/mol. The van der Waals surface area contributed by atoms with Crippen molar-refractivity contribution in [2.24, 2.45) is 7.05 Å². The molecule has 0 aliphatic carbocycles. The highest BCUT2D eigenvalue weighted by Gasteiger charge is 2.33. The number of pyridine rings is 2. The van der Waals surface area contributed by atoms with Crippen molar-refractivity contribution in [3.05, 3.63) is 65.6 Å². The van der Waals surface area contributed by atoms with Crippen molar-refractivity contribution in [1.82, 2.24) is 24.7 Å². The number of hydrogen-bond donors (Lipinski definition) is 1. The van der Waals surface area contributed by atoms with Gasteiger partial charge in [-0.25, -0.2) is 9.97 Å². The Balaban J connectivity index is 1.74. The predicted molar refractivity (Wildman–Crippen MR) is 94.6 cm³/mol. The molecule has 3 rings (SSSR count). The van der Waals surface area contributed by atoms with Crippen LogP contribution in [0.2, 0.25) is 0 Å². The highest BCUT2D eigenvalue weighted by atomic mass is 19.4. The lowest BCUT2D eigenvalue weighted by molar-refractivity contribution is -0.141. The van der Waals surface area contributed by atoms with Crippen LogP contribution in [0.5, 0.6) is 0 Å². The van der Waals surface area contributed by atoms with E-state index in [1.165, 1.54) is 12.3 Å². The third-order valence-electron chi connectivity index (χ3n) is 4.16. The lowest BCUT2D eigenvalue weighted by Gasteiger charge is -2.13. The minimum absolute atomic E-state index is 0.0632. The number of carbonyl (C=O) groups is 1. The molecule has 3 aromatic rings. The van der Waals surface area contributed by atoms with Crippen molar-refractivity contribution in [3.8, 4) is 0 Å². The molecule has 3 heterocycles. The Labute approximate surface area is 158 Å². The van der Waals surface area contributed by atoms with E-state index in [4.69, 9.17) is 0 Å². The molecule has 3 aromatic heterocycles. The van der Waals surface area contributed by atoms with E-state index >= 15 is 0 Å². The van der Waals surface area contributed by atoms with Gasteiger partial charge in [-0.3, -0.25) is 4.79 Å². The SMILES string of the molecule is C[C@@H](Cc1nncn1C)c1ccnc(NC(=O)c2cccc(C(F)(F)F)n2)c1. The lowest BCUT2D eigenvalue weighted by atomic mass is 9.98. The Bertz CT molecular complexity index is 985. The number of halogens is 3. The van der Waals surface area contributed by atoms with E-state index in [2.05, 4.69) is 25.5 Å². The van der Waals surface area contributed by atoms with Crippen molar-refractivity contribution in [1.29, 1.82) is 0 Å². The van der Waals surface area contributed by atoms with Crippen LogP contribution in [0.3, 0.4) is 0 Å². The van der Waals surface area contributed by atoms with E-state index in [1.807, 2.05) is 18.5 Å². The average Bonchev–Trinajstić information content (AvgIpc) is 3.06. The summed E-state index contributed by atoms with van der Waals surface area (Å²) < 4.78 is 40.1. The topological polar surface area (TPSA) is 85.6 Å². The van der Waals surface area contributed by atoms with Crippen LogP contribution in [0, 0.1) is 0 Å². The van der Waals surface area contributed by atoms with E-state index < -0.39 is 17.8 Å². The van der Waals surface area contributed by atoms with E-state index in [0.717, 1.165) is 23.5 Å². The summed E-state index contributed by atoms with van der Waals surface area (Å²) in [6, 6.07) is 6.64. The smallest absolute Gasteiger partial charge is 0.321 e. The molecule has 0 unspecified atom stereocenters. The summed E-state index contributed by atoms with van der Waals surface area (Å²) in [7, 11) is 1.85. The summed E-state index contributed by atoms with van der Waals surface area (Å²) in [6.07, 6.45) is -0.854. The van der Waals surface area contributed by atoms with Gasteiger partial charge in [0.15, 0.2) is 0 Å². The summed E-state index contributed by atoms with van der Waals surface area (Å²) >= 11 is 0. The minimum atomic E-state index is -4.62. The summed E-state index contributed by atoms with van der Waals surface area (Å²) in [4.78, 5) is 19.7. The number of carbonyl (C=O) groups excluding carboxylic acids is 1. The van der Waals surface area contributed by atoms with Gasteiger partial charge < -0.3 is 9.88 Å². The van der Waals surface area contributed by atoms with Gasteiger partial charge >= 0.3 is 6.18 Å². The van der Waals surface area contributed by atoms with Crippen LogP contribution >= 0.6 is 0 Å². The third kappa shape index (κ3) is 4.51. The molecule has 28 heavy (non-hydrogen) atoms. The number of nitrogens with one attached hydrogen (secondary N) is 1. The van der Waals surface area contributed by atoms with Gasteiger partial charge in [-0.15, -0.1) is 10.2 Å². The van der Waals surface area contributed by atoms with Gasteiger partial charge in [-0.05, 0) is 35.7 Å². The molecule has 0 saturated heterocycles. The third-order valence-corrected chi connectivity index (χ3v) is 4.16. The first-order valence-corrected chi connectivity index (χ1v) is 8.38. The van der Waals surface area contributed by atoms with Crippen LogP contribution in [0.15, 0.2) is 42.9 Å². The predicted octanol–water partition coefficient (Wildman–Crippen LogP) is 3.22. The molecule has 0 bridgehead atoms. The van der Waals surface area contributed by atoms with Gasteiger partial charge in [0.05, 0.1) is 0 Å². The second kappa shape index (κ2) is 7.75. The van der Waals surface area contributed by atoms with Crippen LogP contribution in [-0.2, 0) is 19.6 Å². The molecule has 0 aliphatic rings. The zero-order valence-electron chi connectivity index (χ0n) is 15.1. The molecule has 1 atom stereocenters. The number of nitrogens with zero attached hydrogens (tertiary/aromatic N) is 5. The van der Waals surface area contributed by atoms with Gasteiger partial charge in [0.1, 0.15) is 29.4 Å². The maximum Gasteiger partial charge on any atom is 0.433 e. The van der Waals surface area contributed by atoms with Gasteiger partial charge in [0, 0.05) is 19.7 Å². The molecule has 0 saturated carbocycles. The van der Waals surface area contributed by atoms with Gasteiger partial charge in [-0.2, -0.15) is 13.2 Å². The molecular formula is C18H17F3N6O. The Kier molecular flexibility index (Phi) is 5.39. The molecule has 0 aliphatic heterocycles. The number of amides is 1. The first-order chi connectivity index (χ1) is 13.2. The molecule has 1 N–H and O–H groups in total. The fraction of sp³-hybridized carbons (Fsp3) is 0.278. The van der Waals surface area contributed by atoms with Gasteiger partial charge in [0.2, 0.25) is 0 Å². The van der Waals surface area contributed by atoms with Crippen molar-refractivity contribution < 1.29 is 18.0 Å². The Morgan fingerprint density at radius 3 is 2.75 bits per heavy atom. The highest BCUT2D eigenvalue weighted by molar-refractivity contribution is 6.02. The Morgan fingerprint density at radius 2 is 2.07 bits per heavy atom. The van der Waals surface area contributed by atoms with Crippen molar-refractivity contribution in [2.45, 2.75) is 25.4 Å². The molecule has 10 heteroatoms. The van der Waals surface area contributed by atoms with Crippen LogP contribution < -0.4 is 5.32 Å². The number of alkyl halides is 3.